The number of sulfonamides is 1. The van der Waals surface area contributed by atoms with E-state index < -0.39 is 10.0 Å². The molecule has 10 heteroatoms. The molecule has 0 spiro atoms. The molecule has 2 aromatic heterocycles. The zero-order valence-corrected chi connectivity index (χ0v) is 16.3. The van der Waals surface area contributed by atoms with Gasteiger partial charge in [0.25, 0.3) is 21.0 Å². The van der Waals surface area contributed by atoms with E-state index in [1.54, 1.807) is 19.2 Å². The van der Waals surface area contributed by atoms with Crippen LogP contribution < -0.4 is 4.72 Å². The lowest BCUT2D eigenvalue weighted by molar-refractivity contribution is 0.218. The minimum atomic E-state index is -3.94. The molecular weight excluding hydrogens is 374 g/mol. The first kappa shape index (κ1) is 18.6. The van der Waals surface area contributed by atoms with Crippen molar-refractivity contribution < 1.29 is 13.2 Å². The van der Waals surface area contributed by atoms with Gasteiger partial charge in [-0.1, -0.05) is 12.1 Å². The Morgan fingerprint density at radius 1 is 1.23 bits per heavy atom. The van der Waals surface area contributed by atoms with Gasteiger partial charge in [-0.05, 0) is 32.0 Å². The molecule has 138 valence electrons. The van der Waals surface area contributed by atoms with Gasteiger partial charge in [-0.15, -0.1) is 16.9 Å². The minimum Gasteiger partial charge on any atom is -0.384 e. The molecule has 26 heavy (non-hydrogen) atoms. The molecule has 0 aliphatic rings. The third-order valence-corrected chi connectivity index (χ3v) is 5.70. The van der Waals surface area contributed by atoms with Gasteiger partial charge in [0.05, 0.1) is 12.3 Å². The highest BCUT2D eigenvalue weighted by Gasteiger charge is 2.23. The number of hydrogen-bond donors (Lipinski definition) is 1. The molecule has 0 saturated carbocycles. The molecule has 0 saturated heterocycles. The SMILES string of the molecule is COCCSc1ccccc1NS(=O)(=O)c1nc2nc(C)cc(C)n2n1. The lowest BCUT2D eigenvalue weighted by atomic mass is 10.3. The Bertz CT molecular complexity index is 1030. The Labute approximate surface area is 156 Å². The van der Waals surface area contributed by atoms with Gasteiger partial charge in [0.1, 0.15) is 0 Å². The molecule has 0 unspecified atom stereocenters. The second-order valence-electron chi connectivity index (χ2n) is 5.59. The van der Waals surface area contributed by atoms with E-state index in [2.05, 4.69) is 19.8 Å². The fourth-order valence-electron chi connectivity index (χ4n) is 2.36. The summed E-state index contributed by atoms with van der Waals surface area (Å²) in [4.78, 5) is 9.10. The second kappa shape index (κ2) is 7.60. The Balaban J connectivity index is 1.91. The summed E-state index contributed by atoms with van der Waals surface area (Å²) in [5, 5.41) is 3.78. The molecule has 0 aliphatic carbocycles. The van der Waals surface area contributed by atoms with Gasteiger partial charge in [0, 0.05) is 29.1 Å². The van der Waals surface area contributed by atoms with Crippen LogP contribution in [0.4, 0.5) is 5.69 Å². The summed E-state index contributed by atoms with van der Waals surface area (Å²) in [7, 11) is -2.31. The average Bonchev–Trinajstić information content (AvgIpc) is 3.02. The Morgan fingerprint density at radius 3 is 2.77 bits per heavy atom. The maximum atomic E-state index is 12.7. The number of benzene rings is 1. The number of para-hydroxylation sites is 1. The van der Waals surface area contributed by atoms with Crippen LogP contribution in [-0.2, 0) is 14.8 Å². The standard InChI is InChI=1S/C16H19N5O3S2/c1-11-10-12(2)21-15(17-11)18-16(19-21)26(22,23)20-13-6-4-5-7-14(13)25-9-8-24-3/h4-7,10,20H,8-9H2,1-3H3. The van der Waals surface area contributed by atoms with Gasteiger partial charge in [-0.2, -0.15) is 13.4 Å². The number of nitrogens with zero attached hydrogens (tertiary/aromatic N) is 4. The number of thioether (sulfide) groups is 1. The van der Waals surface area contributed by atoms with Crippen LogP contribution in [0.25, 0.3) is 5.78 Å². The van der Waals surface area contributed by atoms with Crippen LogP contribution in [0.15, 0.2) is 40.4 Å². The van der Waals surface area contributed by atoms with Crippen molar-refractivity contribution in [3.05, 3.63) is 41.7 Å². The molecule has 0 fully saturated rings. The minimum absolute atomic E-state index is 0.255. The summed E-state index contributed by atoms with van der Waals surface area (Å²) in [6, 6.07) is 8.99. The molecule has 3 aromatic rings. The van der Waals surface area contributed by atoms with Crippen molar-refractivity contribution in [2.75, 3.05) is 24.2 Å². The molecule has 0 atom stereocenters. The molecule has 1 aromatic carbocycles. The van der Waals surface area contributed by atoms with E-state index in [0.29, 0.717) is 18.0 Å². The van der Waals surface area contributed by atoms with E-state index in [1.165, 1.54) is 16.3 Å². The number of rotatable bonds is 7. The lowest BCUT2D eigenvalue weighted by Gasteiger charge is -2.10. The second-order valence-corrected chi connectivity index (χ2v) is 8.30. The maximum Gasteiger partial charge on any atom is 0.299 e. The topological polar surface area (TPSA) is 98.5 Å². The fourth-order valence-corrected chi connectivity index (χ4v) is 4.30. The summed E-state index contributed by atoms with van der Waals surface area (Å²) in [5.41, 5.74) is 1.99. The predicted octanol–water partition coefficient (Wildman–Crippen LogP) is 2.28. The Morgan fingerprint density at radius 2 is 2.00 bits per heavy atom. The number of aryl methyl sites for hydroxylation is 2. The summed E-state index contributed by atoms with van der Waals surface area (Å²) in [6.07, 6.45) is 0. The number of ether oxygens (including phenoxy) is 1. The van der Waals surface area contributed by atoms with Gasteiger partial charge in [-0.3, -0.25) is 4.72 Å². The van der Waals surface area contributed by atoms with E-state index in [1.807, 2.05) is 32.0 Å². The molecule has 3 rings (SSSR count). The van der Waals surface area contributed by atoms with Crippen LogP contribution in [-0.4, -0.2) is 47.5 Å². The third kappa shape index (κ3) is 3.97. The predicted molar refractivity (Wildman–Crippen MR) is 100 cm³/mol. The van der Waals surface area contributed by atoms with Crippen LogP contribution in [0.3, 0.4) is 0 Å². The van der Waals surface area contributed by atoms with Crippen LogP contribution in [0, 0.1) is 13.8 Å². The normalized spacial score (nSPS) is 11.8. The smallest absolute Gasteiger partial charge is 0.299 e. The fraction of sp³-hybridized carbons (Fsp3) is 0.312. The van der Waals surface area contributed by atoms with Gasteiger partial charge in [0.2, 0.25) is 0 Å². The molecule has 0 bridgehead atoms. The maximum absolute atomic E-state index is 12.7. The third-order valence-electron chi connectivity index (χ3n) is 3.52. The molecular formula is C16H19N5O3S2. The summed E-state index contributed by atoms with van der Waals surface area (Å²) >= 11 is 1.51. The van der Waals surface area contributed by atoms with E-state index in [0.717, 1.165) is 16.3 Å². The molecule has 0 aliphatic heterocycles. The highest BCUT2D eigenvalue weighted by Crippen LogP contribution is 2.28. The van der Waals surface area contributed by atoms with Crippen molar-refractivity contribution in [2.24, 2.45) is 0 Å². The zero-order valence-electron chi connectivity index (χ0n) is 14.6. The van der Waals surface area contributed by atoms with E-state index in [9.17, 15) is 8.42 Å². The first-order valence-electron chi connectivity index (χ1n) is 7.85. The summed E-state index contributed by atoms with van der Waals surface area (Å²) < 4.78 is 34.5. The molecule has 0 amide bonds. The van der Waals surface area contributed by atoms with Gasteiger partial charge >= 0.3 is 0 Å². The first-order valence-corrected chi connectivity index (χ1v) is 10.3. The van der Waals surface area contributed by atoms with E-state index in [4.69, 9.17) is 4.74 Å². The Kier molecular flexibility index (Phi) is 5.44. The number of fused-ring (bicyclic) bond motifs is 1. The largest absolute Gasteiger partial charge is 0.384 e. The highest BCUT2D eigenvalue weighted by molar-refractivity contribution is 7.99. The van der Waals surface area contributed by atoms with Crippen molar-refractivity contribution >= 4 is 33.3 Å². The number of nitrogens with one attached hydrogen (secondary N) is 1. The zero-order chi connectivity index (χ0) is 18.7. The lowest BCUT2D eigenvalue weighted by Crippen LogP contribution is -2.15. The molecule has 1 N–H and O–H groups in total. The van der Waals surface area contributed by atoms with Crippen molar-refractivity contribution in [1.29, 1.82) is 0 Å². The summed E-state index contributed by atoms with van der Waals surface area (Å²) in [5.74, 6) is 0.968. The number of anilines is 1. The van der Waals surface area contributed by atoms with Crippen molar-refractivity contribution in [3.63, 3.8) is 0 Å². The quantitative estimate of drug-likeness (QED) is 0.486. The van der Waals surface area contributed by atoms with Crippen LogP contribution in [0.1, 0.15) is 11.4 Å². The van der Waals surface area contributed by atoms with Crippen LogP contribution >= 0.6 is 11.8 Å². The Hall–Kier alpha value is -2.17. The van der Waals surface area contributed by atoms with Gasteiger partial charge < -0.3 is 4.74 Å². The molecule has 2 heterocycles. The number of hydrogen-bond acceptors (Lipinski definition) is 7. The van der Waals surface area contributed by atoms with Gasteiger partial charge in [-0.25, -0.2) is 9.50 Å². The van der Waals surface area contributed by atoms with Crippen LogP contribution in [0.5, 0.6) is 0 Å². The molecule has 8 nitrogen and oxygen atoms in total. The van der Waals surface area contributed by atoms with Crippen molar-refractivity contribution in [2.45, 2.75) is 23.9 Å². The van der Waals surface area contributed by atoms with Crippen molar-refractivity contribution in [1.82, 2.24) is 19.6 Å². The summed E-state index contributed by atoms with van der Waals surface area (Å²) in [6.45, 7) is 4.22. The monoisotopic (exact) mass is 393 g/mol. The molecule has 0 radical (unpaired) electrons. The number of aromatic nitrogens is 4. The van der Waals surface area contributed by atoms with Crippen LogP contribution in [0.2, 0.25) is 0 Å². The van der Waals surface area contributed by atoms with Crippen molar-refractivity contribution in [3.8, 4) is 0 Å². The average molecular weight is 393 g/mol. The number of methoxy groups -OCH3 is 1. The first-order chi connectivity index (χ1) is 12.4. The van der Waals surface area contributed by atoms with E-state index >= 15 is 0 Å². The van der Waals surface area contributed by atoms with E-state index in [-0.39, 0.29) is 10.9 Å². The van der Waals surface area contributed by atoms with Gasteiger partial charge in [0.15, 0.2) is 0 Å². The highest BCUT2D eigenvalue weighted by atomic mass is 32.2.